The van der Waals surface area contributed by atoms with Crippen molar-refractivity contribution in [3.05, 3.63) is 23.3 Å². The van der Waals surface area contributed by atoms with Gasteiger partial charge in [-0.05, 0) is 13.8 Å². The first-order valence-corrected chi connectivity index (χ1v) is 11.7. The Morgan fingerprint density at radius 3 is 1.09 bits per heavy atom. The lowest BCUT2D eigenvalue weighted by Crippen LogP contribution is -2.70. The molecular weight excluding hydrogens is 736 g/mol. The van der Waals surface area contributed by atoms with Crippen molar-refractivity contribution >= 4 is 0 Å². The fourth-order valence-electron chi connectivity index (χ4n) is 5.33. The highest BCUT2D eigenvalue weighted by Gasteiger charge is 3.08. The van der Waals surface area contributed by atoms with Crippen LogP contribution >= 0.6 is 0 Å². The van der Waals surface area contributed by atoms with Gasteiger partial charge in [-0.1, -0.05) is 6.92 Å². The smallest absolute Gasteiger partial charge is 0.274 e. The first-order chi connectivity index (χ1) is 20.4. The summed E-state index contributed by atoms with van der Waals surface area (Å²) in [7, 11) is 0.500. The monoisotopic (exact) mass is 750 g/mol. The van der Waals surface area contributed by atoms with E-state index in [0.717, 1.165) is 0 Å². The normalized spacial score (nSPS) is 41.1. The van der Waals surface area contributed by atoms with Gasteiger partial charge in [0, 0.05) is 6.42 Å². The van der Waals surface area contributed by atoms with Crippen molar-refractivity contribution < 1.29 is 110 Å². The molecule has 0 amide bonds. The summed E-state index contributed by atoms with van der Waals surface area (Å²) in [6.07, 6.45) is -12.7. The highest BCUT2D eigenvalue weighted by molar-refractivity contribution is 5.56. The number of rotatable bonds is 4. The van der Waals surface area contributed by atoms with E-state index in [1.54, 1.807) is 0 Å². The number of ether oxygens (including phenoxy) is 1. The molecule has 0 saturated heterocycles. The van der Waals surface area contributed by atoms with Gasteiger partial charge in [-0.25, -0.2) is 43.9 Å². The van der Waals surface area contributed by atoms with Gasteiger partial charge in [0.2, 0.25) is 5.67 Å². The van der Waals surface area contributed by atoms with Crippen LogP contribution in [0.5, 0.6) is 0 Å². The zero-order valence-electron chi connectivity index (χ0n) is 22.7. The summed E-state index contributed by atoms with van der Waals surface area (Å²) >= 11 is 0. The fourth-order valence-corrected chi connectivity index (χ4v) is 5.33. The van der Waals surface area contributed by atoms with Crippen molar-refractivity contribution in [3.8, 4) is 0 Å². The minimum Gasteiger partial charge on any atom is -0.274 e. The molecule has 4 bridgehead atoms. The molecule has 2 saturated carbocycles. The maximum atomic E-state index is 14.6. The molecule has 0 aromatic heterocycles. The predicted octanol–water partition coefficient (Wildman–Crippen LogP) is 10.3. The van der Waals surface area contributed by atoms with Crippen LogP contribution in [-0.2, 0) is 4.74 Å². The molecule has 6 atom stereocenters. The zero-order valence-corrected chi connectivity index (χ0v) is 22.7. The van der Waals surface area contributed by atoms with Crippen molar-refractivity contribution in [1.82, 2.24) is 0 Å². The molecule has 6 unspecified atom stereocenters. The molecule has 4 rings (SSSR count). The van der Waals surface area contributed by atoms with Crippen molar-refractivity contribution in [1.29, 1.82) is 0 Å². The summed E-state index contributed by atoms with van der Waals surface area (Å²) in [4.78, 5) is 0. The number of hydrogen-bond acceptors (Lipinski definition) is 1. The van der Waals surface area contributed by atoms with E-state index in [1.165, 1.54) is 0 Å². The van der Waals surface area contributed by atoms with E-state index < -0.39 is 119 Å². The topological polar surface area (TPSA) is 9.23 Å². The molecule has 0 N–H and O–H groups in total. The largest absolute Gasteiger partial charge is 0.397 e. The second-order valence-corrected chi connectivity index (χ2v) is 10.7. The van der Waals surface area contributed by atoms with Gasteiger partial charge in [-0.15, -0.1) is 0 Å². The average Bonchev–Trinajstić information content (AvgIpc) is 3.19. The molecule has 0 radical (unpaired) electrons. The van der Waals surface area contributed by atoms with Gasteiger partial charge in [0.15, 0.2) is 23.3 Å². The zero-order chi connectivity index (χ0) is 38.2. The van der Waals surface area contributed by atoms with E-state index in [1.807, 2.05) is 0 Å². The van der Waals surface area contributed by atoms with E-state index >= 15 is 0 Å². The molecule has 0 spiro atoms. The summed E-state index contributed by atoms with van der Waals surface area (Å²) in [6, 6.07) is 0. The molecule has 276 valence electrons. The standard InChI is InChI=1S/C11H6F12.C10H5F11O.CH3F/c1-5(2,11(21,22)23)8(16)6(14)3(12)4(13)7(15,9(6,17)18)10(8,19)20;1-2-5(13,14)22-10(21)7(16)4(12)3(11)6(15,8(7,17)18)9(10,19)20;1-2/h1-2H3;2H2,1H3;1H3. The lowest BCUT2D eigenvalue weighted by Gasteiger charge is -2.48. The molecule has 2 fully saturated rings. The Morgan fingerprint density at radius 2 is 0.787 bits per heavy atom. The number of hydrogen-bond donors (Lipinski definition) is 0. The first-order valence-electron chi connectivity index (χ1n) is 11.7. The summed E-state index contributed by atoms with van der Waals surface area (Å²) in [6.45, 7) is -0.461. The van der Waals surface area contributed by atoms with E-state index in [2.05, 4.69) is 4.74 Å². The van der Waals surface area contributed by atoms with Crippen LogP contribution in [0.4, 0.5) is 105 Å². The van der Waals surface area contributed by atoms with Gasteiger partial charge in [-0.3, -0.25) is 9.13 Å². The Hall–Kier alpha value is -2.24. The van der Waals surface area contributed by atoms with E-state index in [-0.39, 0.29) is 0 Å². The first kappa shape index (κ1) is 40.9. The number of halogens is 24. The van der Waals surface area contributed by atoms with Crippen LogP contribution in [0.25, 0.3) is 0 Å². The number of alkyl halides is 20. The molecule has 25 heteroatoms. The van der Waals surface area contributed by atoms with Crippen LogP contribution in [0.3, 0.4) is 0 Å². The van der Waals surface area contributed by atoms with Crippen LogP contribution in [0.2, 0.25) is 0 Å². The molecule has 0 aliphatic heterocycles. The summed E-state index contributed by atoms with van der Waals surface area (Å²) in [5, 5.41) is 0. The highest BCUT2D eigenvalue weighted by atomic mass is 19.4. The SMILES string of the molecule is CC(C)(C(F)(F)F)C1(F)C(F)(F)C2(F)C(F)=C(F)C1(F)C2(F)F.CCC(F)(F)OC1(F)C(F)(F)C2(F)C(F)=C(F)C1(F)C2(F)F.CF. The predicted molar refractivity (Wildman–Crippen MR) is 104 cm³/mol. The van der Waals surface area contributed by atoms with E-state index in [4.69, 9.17) is 0 Å². The number of fused-ring (bicyclic) bond motifs is 4. The molecule has 47 heavy (non-hydrogen) atoms. The Labute approximate surface area is 244 Å². The Kier molecular flexibility index (Phi) is 8.65. The van der Waals surface area contributed by atoms with Gasteiger partial charge in [0.25, 0.3) is 22.7 Å². The van der Waals surface area contributed by atoms with Crippen molar-refractivity contribution in [2.45, 2.75) is 97.4 Å². The van der Waals surface area contributed by atoms with Gasteiger partial charge in [0.1, 0.15) is 5.41 Å². The van der Waals surface area contributed by atoms with Crippen LogP contribution in [-0.4, -0.2) is 77.4 Å². The van der Waals surface area contributed by atoms with Gasteiger partial charge in [0.05, 0.1) is 7.18 Å². The van der Waals surface area contributed by atoms with Crippen LogP contribution < -0.4 is 0 Å². The average molecular weight is 750 g/mol. The maximum absolute atomic E-state index is 14.6. The van der Waals surface area contributed by atoms with Crippen LogP contribution in [0, 0.1) is 5.41 Å². The third-order valence-corrected chi connectivity index (χ3v) is 8.22. The lowest BCUT2D eigenvalue weighted by atomic mass is 9.64. The molecule has 0 aromatic carbocycles. The number of allylic oxidation sites excluding steroid dienone is 3. The minimum absolute atomic E-state index is 0.479. The molecule has 0 aromatic rings. The lowest BCUT2D eigenvalue weighted by molar-refractivity contribution is -0.410. The third-order valence-electron chi connectivity index (χ3n) is 8.22. The minimum atomic E-state index is -6.56. The summed E-state index contributed by atoms with van der Waals surface area (Å²) < 4.78 is 323. The van der Waals surface area contributed by atoms with Crippen LogP contribution in [0.1, 0.15) is 27.2 Å². The molecule has 0 heterocycles. The maximum Gasteiger partial charge on any atom is 0.397 e. The molecule has 4 aliphatic carbocycles. The van der Waals surface area contributed by atoms with Gasteiger partial charge >= 0.3 is 41.8 Å². The van der Waals surface area contributed by atoms with Crippen molar-refractivity contribution in [3.63, 3.8) is 0 Å². The van der Waals surface area contributed by atoms with E-state index in [0.29, 0.717) is 14.1 Å². The Morgan fingerprint density at radius 1 is 0.489 bits per heavy atom. The summed E-state index contributed by atoms with van der Waals surface area (Å²) in [5.41, 5.74) is -35.5. The molecule has 1 nitrogen and oxygen atoms in total. The third kappa shape index (κ3) is 3.54. The molecular formula is C22H14F24O. The second kappa shape index (κ2) is 9.93. The highest BCUT2D eigenvalue weighted by Crippen LogP contribution is 2.81. The second-order valence-electron chi connectivity index (χ2n) is 10.7. The quantitative estimate of drug-likeness (QED) is 0.260. The molecule has 4 aliphatic rings. The van der Waals surface area contributed by atoms with Crippen molar-refractivity contribution in [2.24, 2.45) is 5.41 Å². The summed E-state index contributed by atoms with van der Waals surface area (Å²) in [5.74, 6) is -46.5. The van der Waals surface area contributed by atoms with Crippen LogP contribution in [0.15, 0.2) is 23.3 Å². The van der Waals surface area contributed by atoms with E-state index in [9.17, 15) is 105 Å². The Balaban J connectivity index is 0.000000311. The fraction of sp³-hybridized carbons (Fsp3) is 0.818. The Bertz CT molecular complexity index is 1360. The van der Waals surface area contributed by atoms with Gasteiger partial charge < -0.3 is 0 Å². The van der Waals surface area contributed by atoms with Crippen molar-refractivity contribution in [2.75, 3.05) is 7.18 Å². The van der Waals surface area contributed by atoms with Gasteiger partial charge in [-0.2, -0.15) is 57.1 Å².